The van der Waals surface area contributed by atoms with Gasteiger partial charge in [0.2, 0.25) is 0 Å². The summed E-state index contributed by atoms with van der Waals surface area (Å²) in [6, 6.07) is 8.27. The first-order valence-corrected chi connectivity index (χ1v) is 10.6. The molecule has 0 heterocycles. The third-order valence-corrected chi connectivity index (χ3v) is 5.38. The summed E-state index contributed by atoms with van der Waals surface area (Å²) in [5.41, 5.74) is 2.83. The minimum Gasteiger partial charge on any atom is -0.498 e. The van der Waals surface area contributed by atoms with Crippen LogP contribution in [0.5, 0.6) is 5.75 Å². The quantitative estimate of drug-likeness (QED) is 0.638. The molecule has 3 heteroatoms. The summed E-state index contributed by atoms with van der Waals surface area (Å²) < 4.78 is 11.4. The van der Waals surface area contributed by atoms with Gasteiger partial charge in [0.25, 0.3) is 0 Å². The smallest absolute Gasteiger partial charge is 0.119 e. The third-order valence-electron chi connectivity index (χ3n) is 5.38. The molecule has 3 nitrogen and oxygen atoms in total. The zero-order valence-electron chi connectivity index (χ0n) is 17.2. The largest absolute Gasteiger partial charge is 0.498 e. The number of allylic oxidation sites excluding steroid dienone is 4. The Morgan fingerprint density at radius 1 is 1.00 bits per heavy atom. The number of ether oxygens (including phenoxy) is 2. The fourth-order valence-corrected chi connectivity index (χ4v) is 3.89. The molecule has 0 aliphatic heterocycles. The Bertz CT molecular complexity index is 601. The maximum atomic E-state index is 9.30. The maximum Gasteiger partial charge on any atom is 0.119 e. The third kappa shape index (κ3) is 6.73. The summed E-state index contributed by atoms with van der Waals surface area (Å²) in [5, 5.41) is 9.30. The van der Waals surface area contributed by atoms with E-state index in [2.05, 4.69) is 24.3 Å². The van der Waals surface area contributed by atoms with Gasteiger partial charge in [-0.25, -0.2) is 0 Å². The minimum atomic E-state index is 0.347. The molecule has 0 amide bonds. The van der Waals surface area contributed by atoms with Crippen LogP contribution in [-0.4, -0.2) is 24.9 Å². The first kappa shape index (κ1) is 21.6. The SMILES string of the molecule is CC.CCOc1ccc(CCOC2=CC=C(C3CCC(CO)C3)CC2)cc1. The minimum absolute atomic E-state index is 0.347. The van der Waals surface area contributed by atoms with E-state index in [0.29, 0.717) is 25.0 Å². The van der Waals surface area contributed by atoms with Crippen molar-refractivity contribution in [1.82, 2.24) is 0 Å². The molecule has 0 saturated heterocycles. The van der Waals surface area contributed by atoms with Crippen LogP contribution in [0.4, 0.5) is 0 Å². The van der Waals surface area contributed by atoms with E-state index in [-0.39, 0.29) is 0 Å². The summed E-state index contributed by atoms with van der Waals surface area (Å²) in [5.74, 6) is 3.22. The molecular formula is C24H36O3. The van der Waals surface area contributed by atoms with Gasteiger partial charge in [-0.3, -0.25) is 0 Å². The van der Waals surface area contributed by atoms with Crippen molar-refractivity contribution in [2.45, 2.75) is 59.3 Å². The lowest BCUT2D eigenvalue weighted by atomic mass is 9.89. The molecule has 1 aromatic rings. The van der Waals surface area contributed by atoms with E-state index in [4.69, 9.17) is 9.47 Å². The molecule has 1 N–H and O–H groups in total. The average molecular weight is 373 g/mol. The van der Waals surface area contributed by atoms with E-state index >= 15 is 0 Å². The van der Waals surface area contributed by atoms with E-state index in [9.17, 15) is 5.11 Å². The summed E-state index contributed by atoms with van der Waals surface area (Å²) in [7, 11) is 0. The number of aliphatic hydroxyl groups is 1. The van der Waals surface area contributed by atoms with E-state index in [1.807, 2.05) is 32.9 Å². The molecule has 1 saturated carbocycles. The molecule has 2 atom stereocenters. The highest BCUT2D eigenvalue weighted by Crippen LogP contribution is 2.38. The molecule has 2 unspecified atom stereocenters. The van der Waals surface area contributed by atoms with E-state index in [1.165, 1.54) is 18.4 Å². The van der Waals surface area contributed by atoms with Gasteiger partial charge in [0, 0.05) is 19.4 Å². The predicted molar refractivity (Wildman–Crippen MR) is 112 cm³/mol. The van der Waals surface area contributed by atoms with Crippen molar-refractivity contribution >= 4 is 0 Å². The van der Waals surface area contributed by atoms with Crippen molar-refractivity contribution < 1.29 is 14.6 Å². The molecule has 1 aromatic carbocycles. The average Bonchev–Trinajstić information content (AvgIpc) is 3.21. The van der Waals surface area contributed by atoms with Crippen LogP contribution in [0.3, 0.4) is 0 Å². The molecule has 3 rings (SSSR count). The zero-order chi connectivity index (χ0) is 19.5. The fourth-order valence-electron chi connectivity index (χ4n) is 3.89. The van der Waals surface area contributed by atoms with Crippen LogP contribution in [0.15, 0.2) is 47.7 Å². The van der Waals surface area contributed by atoms with Gasteiger partial charge in [0.1, 0.15) is 5.75 Å². The number of aliphatic hydroxyl groups excluding tert-OH is 1. The molecule has 150 valence electrons. The Hall–Kier alpha value is -1.74. The maximum absolute atomic E-state index is 9.30. The normalized spacial score (nSPS) is 21.6. The molecule has 27 heavy (non-hydrogen) atoms. The first-order chi connectivity index (χ1) is 13.3. The van der Waals surface area contributed by atoms with Crippen LogP contribution < -0.4 is 4.74 Å². The second kappa shape index (κ2) is 11.9. The lowest BCUT2D eigenvalue weighted by Crippen LogP contribution is -2.07. The van der Waals surface area contributed by atoms with Gasteiger partial charge in [0.05, 0.1) is 19.0 Å². The van der Waals surface area contributed by atoms with Gasteiger partial charge in [-0.2, -0.15) is 0 Å². The van der Waals surface area contributed by atoms with E-state index in [1.54, 1.807) is 5.57 Å². The van der Waals surface area contributed by atoms with E-state index in [0.717, 1.165) is 43.8 Å². The molecule has 1 fully saturated rings. The number of hydrogen-bond acceptors (Lipinski definition) is 3. The monoisotopic (exact) mass is 372 g/mol. The lowest BCUT2D eigenvalue weighted by molar-refractivity contribution is 0.203. The highest BCUT2D eigenvalue weighted by atomic mass is 16.5. The van der Waals surface area contributed by atoms with Crippen LogP contribution in [-0.2, 0) is 11.2 Å². The van der Waals surface area contributed by atoms with Crippen molar-refractivity contribution in [3.05, 3.63) is 53.3 Å². The summed E-state index contributed by atoms with van der Waals surface area (Å²) in [6.07, 6.45) is 11.0. The molecule has 0 aromatic heterocycles. The molecule has 2 aliphatic rings. The second-order valence-electron chi connectivity index (χ2n) is 7.11. The van der Waals surface area contributed by atoms with Crippen molar-refractivity contribution in [2.24, 2.45) is 11.8 Å². The Labute approximate surface area is 165 Å². The number of rotatable bonds is 8. The standard InChI is InChI=1S/C22H30O3.C2H6/c1-2-24-21-9-4-17(5-10-21)13-14-25-22-11-7-19(8-12-22)20-6-3-18(15-20)16-23;1-2/h4-5,7,9-11,18,20,23H,2-3,6,8,12-16H2,1H3;1-2H3. The van der Waals surface area contributed by atoms with Gasteiger partial charge in [-0.1, -0.05) is 37.6 Å². The topological polar surface area (TPSA) is 38.7 Å². The Morgan fingerprint density at radius 3 is 2.37 bits per heavy atom. The van der Waals surface area contributed by atoms with Crippen LogP contribution in [0.25, 0.3) is 0 Å². The van der Waals surface area contributed by atoms with Crippen LogP contribution in [0.1, 0.15) is 58.4 Å². The highest BCUT2D eigenvalue weighted by molar-refractivity contribution is 5.27. The van der Waals surface area contributed by atoms with Crippen molar-refractivity contribution in [2.75, 3.05) is 19.8 Å². The highest BCUT2D eigenvalue weighted by Gasteiger charge is 2.27. The molecule has 0 bridgehead atoms. The fraction of sp³-hybridized carbons (Fsp3) is 0.583. The number of benzene rings is 1. The van der Waals surface area contributed by atoms with Crippen molar-refractivity contribution in [3.8, 4) is 5.75 Å². The van der Waals surface area contributed by atoms with Crippen molar-refractivity contribution in [3.63, 3.8) is 0 Å². The Balaban J connectivity index is 0.00000126. The first-order valence-electron chi connectivity index (χ1n) is 10.6. The molecule has 2 aliphatic carbocycles. The molecule has 0 spiro atoms. The summed E-state index contributed by atoms with van der Waals surface area (Å²) in [4.78, 5) is 0. The second-order valence-corrected chi connectivity index (χ2v) is 7.11. The lowest BCUT2D eigenvalue weighted by Gasteiger charge is -2.20. The summed E-state index contributed by atoms with van der Waals surface area (Å²) in [6.45, 7) is 7.77. The Kier molecular flexibility index (Phi) is 9.47. The van der Waals surface area contributed by atoms with Gasteiger partial charge in [-0.15, -0.1) is 0 Å². The van der Waals surface area contributed by atoms with Gasteiger partial charge in [0.15, 0.2) is 0 Å². The predicted octanol–water partition coefficient (Wildman–Crippen LogP) is 5.68. The summed E-state index contributed by atoms with van der Waals surface area (Å²) >= 11 is 0. The van der Waals surface area contributed by atoms with Gasteiger partial charge < -0.3 is 14.6 Å². The molecular weight excluding hydrogens is 336 g/mol. The van der Waals surface area contributed by atoms with Crippen LogP contribution in [0, 0.1) is 11.8 Å². The zero-order valence-corrected chi connectivity index (χ0v) is 17.2. The Morgan fingerprint density at radius 2 is 1.78 bits per heavy atom. The van der Waals surface area contributed by atoms with E-state index < -0.39 is 0 Å². The van der Waals surface area contributed by atoms with Crippen molar-refractivity contribution in [1.29, 1.82) is 0 Å². The number of hydrogen-bond donors (Lipinski definition) is 1. The van der Waals surface area contributed by atoms with Crippen LogP contribution in [0.2, 0.25) is 0 Å². The van der Waals surface area contributed by atoms with Gasteiger partial charge in [-0.05, 0) is 68.2 Å². The van der Waals surface area contributed by atoms with Crippen LogP contribution >= 0.6 is 0 Å². The molecule has 0 radical (unpaired) electrons. The van der Waals surface area contributed by atoms with Gasteiger partial charge >= 0.3 is 0 Å².